The second-order valence-electron chi connectivity index (χ2n) is 7.94. The quantitative estimate of drug-likeness (QED) is 0.561. The number of hydrogen-bond donors (Lipinski definition) is 1. The maximum absolute atomic E-state index is 12.4. The highest BCUT2D eigenvalue weighted by Crippen LogP contribution is 2.24. The number of imide groups is 1. The number of benzene rings is 1. The van der Waals surface area contributed by atoms with E-state index in [1.807, 2.05) is 6.92 Å². The Morgan fingerprint density at radius 2 is 1.83 bits per heavy atom. The molecule has 3 amide bonds. The number of nitrogens with one attached hydrogen (secondary N) is 1. The summed E-state index contributed by atoms with van der Waals surface area (Å²) in [5.74, 6) is -1.25. The van der Waals surface area contributed by atoms with Crippen molar-refractivity contribution < 1.29 is 23.9 Å². The minimum absolute atomic E-state index is 0.0688. The number of carbonyl (C=O) groups is 4. The molecule has 29 heavy (non-hydrogen) atoms. The number of fused-ring (bicyclic) bond motifs is 1. The normalized spacial score (nSPS) is 17.8. The van der Waals surface area contributed by atoms with Crippen molar-refractivity contribution in [1.82, 2.24) is 10.2 Å². The van der Waals surface area contributed by atoms with Crippen LogP contribution < -0.4 is 5.32 Å². The van der Waals surface area contributed by atoms with Crippen molar-refractivity contribution in [3.63, 3.8) is 0 Å². The number of ether oxygens (including phenoxy) is 1. The van der Waals surface area contributed by atoms with Gasteiger partial charge in [-0.2, -0.15) is 0 Å². The summed E-state index contributed by atoms with van der Waals surface area (Å²) in [6.45, 7) is 3.91. The maximum Gasteiger partial charge on any atom is 0.308 e. The maximum atomic E-state index is 12.4. The zero-order chi connectivity index (χ0) is 21.0. The van der Waals surface area contributed by atoms with Crippen LogP contribution in [0.2, 0.25) is 0 Å². The summed E-state index contributed by atoms with van der Waals surface area (Å²) < 4.78 is 5.18. The number of esters is 1. The Hall–Kier alpha value is -2.70. The fourth-order valence-corrected chi connectivity index (χ4v) is 3.90. The molecule has 1 atom stereocenters. The molecule has 0 radical (unpaired) electrons. The lowest BCUT2D eigenvalue weighted by Crippen LogP contribution is -2.39. The van der Waals surface area contributed by atoms with Crippen LogP contribution in [0.25, 0.3) is 0 Å². The van der Waals surface area contributed by atoms with Gasteiger partial charge in [0.15, 0.2) is 6.10 Å². The van der Waals surface area contributed by atoms with Gasteiger partial charge in [0.25, 0.3) is 17.7 Å². The first-order chi connectivity index (χ1) is 13.9. The summed E-state index contributed by atoms with van der Waals surface area (Å²) in [5, 5.41) is 2.85. The lowest BCUT2D eigenvalue weighted by atomic mass is 9.89. The molecule has 156 valence electrons. The highest BCUT2D eigenvalue weighted by Gasteiger charge is 2.35. The molecule has 0 saturated heterocycles. The van der Waals surface area contributed by atoms with E-state index in [4.69, 9.17) is 4.74 Å². The first-order valence-electron chi connectivity index (χ1n) is 10.3. The highest BCUT2D eigenvalue weighted by molar-refractivity contribution is 6.21. The fraction of sp³-hybridized carbons (Fsp3) is 0.545. The average molecular weight is 400 g/mol. The van der Waals surface area contributed by atoms with Crippen LogP contribution in [0, 0.1) is 12.8 Å². The van der Waals surface area contributed by atoms with E-state index in [0.717, 1.165) is 23.3 Å². The van der Waals surface area contributed by atoms with Crippen molar-refractivity contribution in [2.45, 2.75) is 58.5 Å². The van der Waals surface area contributed by atoms with Crippen LogP contribution in [-0.4, -0.2) is 47.8 Å². The minimum atomic E-state index is -0.907. The minimum Gasteiger partial charge on any atom is -0.452 e. The molecule has 1 saturated carbocycles. The van der Waals surface area contributed by atoms with Crippen molar-refractivity contribution in [1.29, 1.82) is 0 Å². The molecular formula is C22H28N2O5. The molecule has 1 N–H and O–H groups in total. The van der Waals surface area contributed by atoms with Crippen LogP contribution in [0.15, 0.2) is 18.2 Å². The van der Waals surface area contributed by atoms with E-state index < -0.39 is 23.9 Å². The number of carbonyl (C=O) groups excluding carboxylic acids is 4. The van der Waals surface area contributed by atoms with Gasteiger partial charge in [0, 0.05) is 13.1 Å². The van der Waals surface area contributed by atoms with Crippen molar-refractivity contribution in [3.8, 4) is 0 Å². The van der Waals surface area contributed by atoms with Crippen LogP contribution in [0.1, 0.15) is 71.7 Å². The van der Waals surface area contributed by atoms with Crippen LogP contribution in [0.5, 0.6) is 0 Å². The third-order valence-electron chi connectivity index (χ3n) is 5.63. The van der Waals surface area contributed by atoms with Gasteiger partial charge in [-0.25, -0.2) is 0 Å². The average Bonchev–Trinajstić information content (AvgIpc) is 2.94. The molecule has 1 aliphatic carbocycles. The molecule has 1 aliphatic heterocycles. The smallest absolute Gasteiger partial charge is 0.308 e. The van der Waals surface area contributed by atoms with Crippen LogP contribution in [0.3, 0.4) is 0 Å². The zero-order valence-electron chi connectivity index (χ0n) is 17.0. The number of aryl methyl sites for hydroxylation is 1. The Bertz CT molecular complexity index is 813. The van der Waals surface area contributed by atoms with Gasteiger partial charge >= 0.3 is 5.97 Å². The van der Waals surface area contributed by atoms with E-state index in [1.54, 1.807) is 18.2 Å². The van der Waals surface area contributed by atoms with Crippen molar-refractivity contribution in [3.05, 3.63) is 34.9 Å². The lowest BCUT2D eigenvalue weighted by molar-refractivity contribution is -0.154. The van der Waals surface area contributed by atoms with E-state index >= 15 is 0 Å². The second-order valence-corrected chi connectivity index (χ2v) is 7.94. The second kappa shape index (κ2) is 9.20. The molecule has 3 rings (SSSR count). The van der Waals surface area contributed by atoms with Gasteiger partial charge in [-0.3, -0.25) is 24.1 Å². The third kappa shape index (κ3) is 5.02. The topological polar surface area (TPSA) is 92.8 Å². The first kappa shape index (κ1) is 21.0. The van der Waals surface area contributed by atoms with Gasteiger partial charge < -0.3 is 10.1 Å². The summed E-state index contributed by atoms with van der Waals surface area (Å²) in [6, 6.07) is 5.07. The fourth-order valence-electron chi connectivity index (χ4n) is 3.90. The number of amides is 3. The SMILES string of the molecule is Cc1ccc2c(c1)C(=O)N(CCC(=O)OC(C)C(=O)NCC1CCCCC1)C2=O. The largest absolute Gasteiger partial charge is 0.452 e. The van der Waals surface area contributed by atoms with Crippen LogP contribution in [-0.2, 0) is 14.3 Å². The van der Waals surface area contributed by atoms with E-state index in [9.17, 15) is 19.2 Å². The molecule has 1 unspecified atom stereocenters. The summed E-state index contributed by atoms with van der Waals surface area (Å²) in [7, 11) is 0. The Balaban J connectivity index is 1.44. The molecule has 7 nitrogen and oxygen atoms in total. The molecule has 7 heteroatoms. The van der Waals surface area contributed by atoms with Crippen molar-refractivity contribution >= 4 is 23.7 Å². The van der Waals surface area contributed by atoms with Crippen LogP contribution >= 0.6 is 0 Å². The molecule has 0 aromatic heterocycles. The zero-order valence-corrected chi connectivity index (χ0v) is 17.0. The molecule has 1 heterocycles. The van der Waals surface area contributed by atoms with Crippen LogP contribution in [0.4, 0.5) is 0 Å². The molecule has 0 spiro atoms. The number of nitrogens with zero attached hydrogens (tertiary/aromatic N) is 1. The summed E-state index contributed by atoms with van der Waals surface area (Å²) in [5.41, 5.74) is 1.60. The standard InChI is InChI=1S/C22H28N2O5/c1-14-8-9-17-18(12-14)22(28)24(21(17)27)11-10-19(25)29-15(2)20(26)23-13-16-6-4-3-5-7-16/h8-9,12,15-16H,3-7,10-11,13H2,1-2H3,(H,23,26). The monoisotopic (exact) mass is 400 g/mol. The molecular weight excluding hydrogens is 372 g/mol. The van der Waals surface area contributed by atoms with Gasteiger partial charge in [0.1, 0.15) is 0 Å². The van der Waals surface area contributed by atoms with E-state index in [-0.39, 0.29) is 18.9 Å². The molecule has 1 aromatic carbocycles. The van der Waals surface area contributed by atoms with Crippen molar-refractivity contribution in [2.24, 2.45) is 5.92 Å². The van der Waals surface area contributed by atoms with Gasteiger partial charge in [0.2, 0.25) is 0 Å². The Labute approximate surface area is 170 Å². The van der Waals surface area contributed by atoms with E-state index in [0.29, 0.717) is 23.6 Å². The summed E-state index contributed by atoms with van der Waals surface area (Å²) in [4.78, 5) is 50.1. The van der Waals surface area contributed by atoms with Gasteiger partial charge in [-0.1, -0.05) is 30.9 Å². The first-order valence-corrected chi connectivity index (χ1v) is 10.3. The third-order valence-corrected chi connectivity index (χ3v) is 5.63. The number of rotatable bonds is 7. The lowest BCUT2D eigenvalue weighted by Gasteiger charge is -2.22. The van der Waals surface area contributed by atoms with Gasteiger partial charge in [-0.05, 0) is 44.7 Å². The van der Waals surface area contributed by atoms with Gasteiger partial charge in [0.05, 0.1) is 17.5 Å². The highest BCUT2D eigenvalue weighted by atomic mass is 16.5. The Morgan fingerprint density at radius 1 is 1.14 bits per heavy atom. The molecule has 0 bridgehead atoms. The van der Waals surface area contributed by atoms with E-state index in [2.05, 4.69) is 5.32 Å². The molecule has 1 aromatic rings. The summed E-state index contributed by atoms with van der Waals surface area (Å²) in [6.07, 6.45) is 4.83. The van der Waals surface area contributed by atoms with Gasteiger partial charge in [-0.15, -0.1) is 0 Å². The van der Waals surface area contributed by atoms with E-state index in [1.165, 1.54) is 26.2 Å². The number of hydrogen-bond acceptors (Lipinski definition) is 5. The molecule has 2 aliphatic rings. The predicted molar refractivity (Wildman–Crippen MR) is 106 cm³/mol. The Kier molecular flexibility index (Phi) is 6.67. The summed E-state index contributed by atoms with van der Waals surface area (Å²) >= 11 is 0. The molecule has 1 fully saturated rings. The Morgan fingerprint density at radius 3 is 2.55 bits per heavy atom. The van der Waals surface area contributed by atoms with Crippen molar-refractivity contribution in [2.75, 3.05) is 13.1 Å². The predicted octanol–water partition coefficient (Wildman–Crippen LogP) is 2.61.